The molecule has 1 fully saturated rings. The molecule has 1 saturated heterocycles. The normalized spacial score (nSPS) is 23.0. The molecule has 1 heterocycles. The smallest absolute Gasteiger partial charge is 0.244 e. The summed E-state index contributed by atoms with van der Waals surface area (Å²) < 4.78 is 55.3. The van der Waals surface area contributed by atoms with E-state index in [-0.39, 0.29) is 22.2 Å². The lowest BCUT2D eigenvalue weighted by Gasteiger charge is -2.17. The van der Waals surface area contributed by atoms with Crippen LogP contribution in [-0.4, -0.2) is 58.6 Å². The molecule has 1 aliphatic rings. The number of hydrogen-bond acceptors (Lipinski definition) is 7. The molecule has 0 radical (unpaired) electrons. The maximum atomic E-state index is 12.6. The molecular formula is C13H18N2O7S2. The van der Waals surface area contributed by atoms with Crippen LogP contribution >= 0.6 is 0 Å². The quantitative estimate of drug-likeness (QED) is 0.603. The summed E-state index contributed by atoms with van der Waals surface area (Å²) in [5.74, 6) is -1.34. The number of anilines is 1. The Bertz CT molecular complexity index is 849. The summed E-state index contributed by atoms with van der Waals surface area (Å²) in [5.41, 5.74) is 0.239. The summed E-state index contributed by atoms with van der Waals surface area (Å²) in [6.45, 7) is 1.27. The third kappa shape index (κ3) is 4.23. The van der Waals surface area contributed by atoms with Crippen LogP contribution in [0.2, 0.25) is 0 Å². The molecule has 2 atom stereocenters. The molecule has 11 heteroatoms. The van der Waals surface area contributed by atoms with Gasteiger partial charge in [-0.05, 0) is 18.2 Å². The van der Waals surface area contributed by atoms with Crippen molar-refractivity contribution < 1.29 is 31.5 Å². The van der Waals surface area contributed by atoms with Crippen LogP contribution in [-0.2, 0) is 24.7 Å². The van der Waals surface area contributed by atoms with Gasteiger partial charge in [-0.1, -0.05) is 0 Å². The Hall–Kier alpha value is -1.69. The highest BCUT2D eigenvalue weighted by Gasteiger charge is 2.39. The summed E-state index contributed by atoms with van der Waals surface area (Å²) in [5, 5.41) is 12.2. The number of ether oxygens (including phenoxy) is 1. The van der Waals surface area contributed by atoms with Crippen molar-refractivity contribution >= 4 is 31.5 Å². The van der Waals surface area contributed by atoms with E-state index in [9.17, 15) is 26.7 Å². The van der Waals surface area contributed by atoms with Gasteiger partial charge in [-0.25, -0.2) is 21.6 Å². The third-order valence-corrected chi connectivity index (χ3v) is 6.63. The molecule has 1 amide bonds. The first-order chi connectivity index (χ1) is 11.0. The predicted molar refractivity (Wildman–Crippen MR) is 86.1 cm³/mol. The number of methoxy groups -OCH3 is 1. The van der Waals surface area contributed by atoms with E-state index < -0.39 is 43.5 Å². The fourth-order valence-corrected chi connectivity index (χ4v) is 5.68. The van der Waals surface area contributed by atoms with E-state index in [1.807, 2.05) is 0 Å². The Balaban J connectivity index is 2.36. The van der Waals surface area contributed by atoms with Crippen LogP contribution in [0, 0.1) is 0 Å². The first-order valence-electron chi connectivity index (χ1n) is 6.90. The van der Waals surface area contributed by atoms with Crippen molar-refractivity contribution in [3.05, 3.63) is 18.2 Å². The van der Waals surface area contributed by atoms with E-state index in [2.05, 4.69) is 10.0 Å². The topological polar surface area (TPSA) is 139 Å². The van der Waals surface area contributed by atoms with Crippen LogP contribution in [0.1, 0.15) is 6.92 Å². The Kier molecular flexibility index (Phi) is 5.18. The highest BCUT2D eigenvalue weighted by Crippen LogP contribution is 2.28. The number of aliphatic hydroxyl groups excluding tert-OH is 1. The number of amides is 1. The van der Waals surface area contributed by atoms with Gasteiger partial charge in [-0.3, -0.25) is 4.79 Å². The zero-order chi connectivity index (χ0) is 18.1. The van der Waals surface area contributed by atoms with Gasteiger partial charge in [0.05, 0.1) is 30.8 Å². The fourth-order valence-electron chi connectivity index (χ4n) is 2.37. The number of hydrogen-bond donors (Lipinski definition) is 3. The summed E-state index contributed by atoms with van der Waals surface area (Å²) in [7, 11) is -6.40. The summed E-state index contributed by atoms with van der Waals surface area (Å²) in [4.78, 5) is 10.8. The van der Waals surface area contributed by atoms with Gasteiger partial charge >= 0.3 is 0 Å². The third-order valence-electron chi connectivity index (χ3n) is 3.40. The molecule has 0 spiro atoms. The van der Waals surface area contributed by atoms with Crippen molar-refractivity contribution in [1.29, 1.82) is 0 Å². The van der Waals surface area contributed by atoms with E-state index in [0.29, 0.717) is 0 Å². The van der Waals surface area contributed by atoms with Crippen molar-refractivity contribution in [3.63, 3.8) is 0 Å². The van der Waals surface area contributed by atoms with Crippen LogP contribution < -0.4 is 14.8 Å². The lowest BCUT2D eigenvalue weighted by Crippen LogP contribution is -2.42. The number of carbonyl (C=O) groups excluding carboxylic acids is 1. The summed E-state index contributed by atoms with van der Waals surface area (Å²) in [6.07, 6.45) is -1.32. The van der Waals surface area contributed by atoms with Gasteiger partial charge in [0, 0.05) is 12.6 Å². The van der Waals surface area contributed by atoms with Crippen LogP contribution in [0.5, 0.6) is 5.75 Å². The number of sulfone groups is 1. The summed E-state index contributed by atoms with van der Waals surface area (Å²) in [6, 6.07) is 2.88. The minimum atomic E-state index is -4.18. The second-order valence-electron chi connectivity index (χ2n) is 5.42. The van der Waals surface area contributed by atoms with Gasteiger partial charge in [0.1, 0.15) is 10.6 Å². The van der Waals surface area contributed by atoms with E-state index in [4.69, 9.17) is 4.74 Å². The minimum absolute atomic E-state index is 0.0203. The van der Waals surface area contributed by atoms with Crippen molar-refractivity contribution in [1.82, 2.24) is 4.72 Å². The molecule has 24 heavy (non-hydrogen) atoms. The average Bonchev–Trinajstić information content (AvgIpc) is 2.69. The maximum absolute atomic E-state index is 12.6. The van der Waals surface area contributed by atoms with Crippen molar-refractivity contribution in [2.24, 2.45) is 0 Å². The number of sulfonamides is 1. The molecule has 2 rings (SSSR count). The van der Waals surface area contributed by atoms with Gasteiger partial charge in [0.2, 0.25) is 15.9 Å². The average molecular weight is 378 g/mol. The second-order valence-corrected chi connectivity index (χ2v) is 9.26. The molecule has 0 aromatic heterocycles. The highest BCUT2D eigenvalue weighted by atomic mass is 32.2. The van der Waals surface area contributed by atoms with Gasteiger partial charge in [0.25, 0.3) is 0 Å². The summed E-state index contributed by atoms with van der Waals surface area (Å²) >= 11 is 0. The molecule has 3 N–H and O–H groups in total. The van der Waals surface area contributed by atoms with Gasteiger partial charge in [-0.2, -0.15) is 0 Å². The molecule has 134 valence electrons. The molecule has 0 saturated carbocycles. The van der Waals surface area contributed by atoms with Gasteiger partial charge < -0.3 is 15.2 Å². The molecule has 1 aromatic rings. The highest BCUT2D eigenvalue weighted by molar-refractivity contribution is 7.92. The standard InChI is InChI=1S/C13H18N2O7S2/c1-8(16)14-9-3-4-12(22-2)13(5-9)24(20,21)15-10-6-23(18,19)7-11(10)17/h3-5,10-11,15,17H,6-7H2,1-2H3,(H,14,16)/t10-,11+/m1/s1. The number of rotatable bonds is 5. The molecule has 0 unspecified atom stereocenters. The van der Waals surface area contributed by atoms with E-state index in [0.717, 1.165) is 0 Å². The number of aliphatic hydroxyl groups is 1. The van der Waals surface area contributed by atoms with Crippen LogP contribution in [0.4, 0.5) is 5.69 Å². The molecule has 9 nitrogen and oxygen atoms in total. The van der Waals surface area contributed by atoms with Gasteiger partial charge in [0.15, 0.2) is 9.84 Å². The van der Waals surface area contributed by atoms with Crippen molar-refractivity contribution in [2.45, 2.75) is 24.0 Å². The maximum Gasteiger partial charge on any atom is 0.244 e. The number of benzene rings is 1. The Morgan fingerprint density at radius 1 is 1.33 bits per heavy atom. The Labute approximate surface area is 140 Å². The largest absolute Gasteiger partial charge is 0.495 e. The minimum Gasteiger partial charge on any atom is -0.495 e. The van der Waals surface area contributed by atoms with E-state index >= 15 is 0 Å². The Morgan fingerprint density at radius 2 is 2.00 bits per heavy atom. The molecular weight excluding hydrogens is 360 g/mol. The molecule has 0 bridgehead atoms. The van der Waals surface area contributed by atoms with E-state index in [1.54, 1.807) is 0 Å². The van der Waals surface area contributed by atoms with E-state index in [1.165, 1.54) is 32.2 Å². The molecule has 0 aliphatic carbocycles. The first kappa shape index (κ1) is 18.6. The zero-order valence-corrected chi connectivity index (χ0v) is 14.6. The Morgan fingerprint density at radius 3 is 2.50 bits per heavy atom. The SMILES string of the molecule is COc1ccc(NC(C)=O)cc1S(=O)(=O)N[C@@H]1CS(=O)(=O)C[C@@H]1O. The fraction of sp³-hybridized carbons (Fsp3) is 0.462. The van der Waals surface area contributed by atoms with Crippen molar-refractivity contribution in [3.8, 4) is 5.75 Å². The van der Waals surface area contributed by atoms with Crippen LogP contribution in [0.3, 0.4) is 0 Å². The lowest BCUT2D eigenvalue weighted by molar-refractivity contribution is -0.114. The predicted octanol–water partition coefficient (Wildman–Crippen LogP) is -0.910. The number of nitrogens with one attached hydrogen (secondary N) is 2. The van der Waals surface area contributed by atoms with Gasteiger partial charge in [-0.15, -0.1) is 0 Å². The monoisotopic (exact) mass is 378 g/mol. The van der Waals surface area contributed by atoms with Crippen LogP contribution in [0.25, 0.3) is 0 Å². The second kappa shape index (κ2) is 6.67. The van der Waals surface area contributed by atoms with Crippen molar-refractivity contribution in [2.75, 3.05) is 23.9 Å². The number of carbonyl (C=O) groups is 1. The molecule has 1 aliphatic heterocycles. The van der Waals surface area contributed by atoms with Crippen LogP contribution in [0.15, 0.2) is 23.1 Å². The molecule has 1 aromatic carbocycles. The lowest BCUT2D eigenvalue weighted by atomic mass is 10.2. The zero-order valence-electron chi connectivity index (χ0n) is 13.0. The first-order valence-corrected chi connectivity index (χ1v) is 10.2.